The molecule has 0 fully saturated rings. The molecule has 8 nitrogen and oxygen atoms in total. The van der Waals surface area contributed by atoms with Crippen molar-refractivity contribution < 1.29 is 30.0 Å². The molecule has 2 amide bonds. The number of aliphatic hydroxyl groups is 4. The highest BCUT2D eigenvalue weighted by atomic mass is 127. The van der Waals surface area contributed by atoms with Gasteiger partial charge in [0.1, 0.15) is 0 Å². The maximum atomic E-state index is 12.5. The smallest absolute Gasteiger partial charge is 0.255 e. The van der Waals surface area contributed by atoms with Crippen molar-refractivity contribution in [1.29, 1.82) is 0 Å². The van der Waals surface area contributed by atoms with Crippen molar-refractivity contribution in [3.05, 3.63) is 27.9 Å². The summed E-state index contributed by atoms with van der Waals surface area (Å²) in [7, 11) is 0. The van der Waals surface area contributed by atoms with Gasteiger partial charge in [-0.2, -0.15) is 0 Å². The lowest BCUT2D eigenvalue weighted by Crippen LogP contribution is -2.50. The van der Waals surface area contributed by atoms with Gasteiger partial charge in [-0.3, -0.25) is 9.59 Å². The predicted molar refractivity (Wildman–Crippen MR) is 115 cm³/mol. The Balaban J connectivity index is 3.35. The number of carbonyl (C=O) groups is 2. The Labute approximate surface area is 185 Å². The topological polar surface area (TPSA) is 139 Å². The molecule has 6 N–H and O–H groups in total. The molecule has 11 heteroatoms. The number of carbonyl (C=O) groups excluding carboxylic acids is 2. The fourth-order valence-corrected chi connectivity index (χ4v) is 6.05. The molecule has 1 rings (SSSR count). The van der Waals surface area contributed by atoms with E-state index in [1.165, 1.54) is 13.8 Å². The molecule has 140 valence electrons. The average molecular weight is 690 g/mol. The van der Waals surface area contributed by atoms with E-state index in [0.717, 1.165) is 0 Å². The molecular weight excluding hydrogens is 673 g/mol. The van der Waals surface area contributed by atoms with Crippen molar-refractivity contribution in [2.75, 3.05) is 13.2 Å². The van der Waals surface area contributed by atoms with Crippen LogP contribution < -0.4 is 10.6 Å². The van der Waals surface area contributed by atoms with Crippen LogP contribution in [0.1, 0.15) is 34.6 Å². The van der Waals surface area contributed by atoms with Crippen LogP contribution in [0.2, 0.25) is 0 Å². The quantitative estimate of drug-likeness (QED) is 0.189. The van der Waals surface area contributed by atoms with Gasteiger partial charge in [-0.1, -0.05) is 0 Å². The van der Waals surface area contributed by atoms with Gasteiger partial charge in [-0.25, -0.2) is 0 Å². The van der Waals surface area contributed by atoms with Gasteiger partial charge in [0.05, 0.1) is 24.3 Å². The normalized spacial score (nSPS) is 15.9. The van der Waals surface area contributed by atoms with E-state index in [1.54, 1.807) is 6.07 Å². The fourth-order valence-electron chi connectivity index (χ4n) is 1.70. The molecule has 25 heavy (non-hydrogen) atoms. The zero-order chi connectivity index (χ0) is 19.6. The van der Waals surface area contributed by atoms with E-state index in [1.807, 2.05) is 67.8 Å². The Hall–Kier alpha value is 0.190. The standard InChI is InChI=1S/C14H17I3N2O6/c1-13(24,4-20)18-11(22)8-6(15)3-7(16)9(10(8)17)12(23)19-14(2,25)5-21/h3,20-21,24-25H,4-5H2,1-2H3,(H,18,22)(H,19,23). The van der Waals surface area contributed by atoms with Crippen molar-refractivity contribution in [1.82, 2.24) is 10.6 Å². The van der Waals surface area contributed by atoms with Crippen molar-refractivity contribution >= 4 is 79.6 Å². The molecular formula is C14H17I3N2O6. The first-order chi connectivity index (χ1) is 11.3. The molecule has 0 aliphatic heterocycles. The lowest BCUT2D eigenvalue weighted by atomic mass is 10.1. The monoisotopic (exact) mass is 690 g/mol. The van der Waals surface area contributed by atoms with E-state index < -0.39 is 36.5 Å². The first-order valence-electron chi connectivity index (χ1n) is 6.84. The molecule has 0 aliphatic carbocycles. The third kappa shape index (κ3) is 6.10. The molecule has 0 spiro atoms. The lowest BCUT2D eigenvalue weighted by molar-refractivity contribution is -0.0219. The van der Waals surface area contributed by atoms with Crippen molar-refractivity contribution in [2.24, 2.45) is 0 Å². The van der Waals surface area contributed by atoms with Gasteiger partial charge < -0.3 is 31.1 Å². The van der Waals surface area contributed by atoms with Crippen molar-refractivity contribution in [2.45, 2.75) is 25.3 Å². The van der Waals surface area contributed by atoms with Crippen LogP contribution in [0.25, 0.3) is 0 Å². The summed E-state index contributed by atoms with van der Waals surface area (Å²) < 4.78 is 1.40. The Morgan fingerprint density at radius 1 is 0.920 bits per heavy atom. The predicted octanol–water partition coefficient (Wildman–Crippen LogP) is 0.362. The van der Waals surface area contributed by atoms with Crippen LogP contribution >= 0.6 is 67.8 Å². The van der Waals surface area contributed by atoms with Gasteiger partial charge in [-0.05, 0) is 87.7 Å². The maximum absolute atomic E-state index is 12.5. The van der Waals surface area contributed by atoms with Crippen LogP contribution in [-0.2, 0) is 0 Å². The minimum Gasteiger partial charge on any atom is -0.391 e. The first kappa shape index (κ1) is 23.2. The number of benzene rings is 1. The van der Waals surface area contributed by atoms with E-state index in [2.05, 4.69) is 10.6 Å². The SMILES string of the molecule is CC(O)(CO)NC(=O)c1c(I)cc(I)c(C(=O)NC(C)(O)CO)c1I. The Morgan fingerprint density at radius 3 is 1.52 bits per heavy atom. The largest absolute Gasteiger partial charge is 0.391 e. The van der Waals surface area contributed by atoms with E-state index in [9.17, 15) is 19.8 Å². The van der Waals surface area contributed by atoms with Crippen LogP contribution in [0.5, 0.6) is 0 Å². The second-order valence-electron chi connectivity index (χ2n) is 5.68. The number of rotatable bonds is 6. The number of amides is 2. The van der Waals surface area contributed by atoms with Crippen molar-refractivity contribution in [3.8, 4) is 0 Å². The molecule has 0 bridgehead atoms. The summed E-state index contributed by atoms with van der Waals surface area (Å²) in [6, 6.07) is 1.61. The van der Waals surface area contributed by atoms with Gasteiger partial charge in [0, 0.05) is 10.7 Å². The van der Waals surface area contributed by atoms with Gasteiger partial charge in [0.2, 0.25) is 0 Å². The Kier molecular flexibility index (Phi) is 8.29. The van der Waals surface area contributed by atoms with E-state index in [-0.39, 0.29) is 11.1 Å². The summed E-state index contributed by atoms with van der Waals surface area (Å²) in [6.07, 6.45) is 0. The molecule has 0 heterocycles. The Bertz CT molecular complexity index is 639. The highest BCUT2D eigenvalue weighted by Gasteiger charge is 2.30. The summed E-state index contributed by atoms with van der Waals surface area (Å²) in [5.74, 6) is -1.32. The molecule has 2 unspecified atom stereocenters. The lowest BCUT2D eigenvalue weighted by Gasteiger charge is -2.25. The fraction of sp³-hybridized carbons (Fsp3) is 0.429. The van der Waals surface area contributed by atoms with Gasteiger partial charge in [0.25, 0.3) is 11.8 Å². The number of aliphatic hydroxyl groups excluding tert-OH is 2. The van der Waals surface area contributed by atoms with Gasteiger partial charge in [-0.15, -0.1) is 0 Å². The van der Waals surface area contributed by atoms with Crippen molar-refractivity contribution in [3.63, 3.8) is 0 Å². The third-order valence-electron chi connectivity index (χ3n) is 3.01. The summed E-state index contributed by atoms with van der Waals surface area (Å²) in [5, 5.41) is 42.4. The second-order valence-corrected chi connectivity index (χ2v) is 9.08. The molecule has 0 radical (unpaired) electrons. The Morgan fingerprint density at radius 2 is 1.24 bits per heavy atom. The molecule has 1 aromatic rings. The van der Waals surface area contributed by atoms with Crippen LogP contribution in [0.15, 0.2) is 6.07 Å². The molecule has 0 saturated heterocycles. The molecule has 0 saturated carbocycles. The maximum Gasteiger partial charge on any atom is 0.255 e. The first-order valence-corrected chi connectivity index (χ1v) is 10.1. The molecule has 2 atom stereocenters. The van der Waals surface area contributed by atoms with Gasteiger partial charge >= 0.3 is 0 Å². The average Bonchev–Trinajstić information content (AvgIpc) is 2.45. The number of hydrogen-bond donors (Lipinski definition) is 6. The summed E-state index contributed by atoms with van der Waals surface area (Å²) in [5.41, 5.74) is -3.31. The number of halogens is 3. The van der Waals surface area contributed by atoms with Gasteiger partial charge in [0.15, 0.2) is 11.4 Å². The van der Waals surface area contributed by atoms with E-state index in [0.29, 0.717) is 10.7 Å². The van der Waals surface area contributed by atoms with Crippen LogP contribution in [0.3, 0.4) is 0 Å². The highest BCUT2D eigenvalue weighted by molar-refractivity contribution is 14.1. The van der Waals surface area contributed by atoms with E-state index in [4.69, 9.17) is 10.2 Å². The summed E-state index contributed by atoms with van der Waals surface area (Å²) in [6.45, 7) is 1.12. The third-order valence-corrected chi connectivity index (χ3v) is 5.79. The molecule has 0 aromatic heterocycles. The minimum absolute atomic E-state index is 0.157. The highest BCUT2D eigenvalue weighted by Crippen LogP contribution is 2.28. The summed E-state index contributed by atoms with van der Waals surface area (Å²) >= 11 is 5.69. The second kappa shape index (κ2) is 8.92. The minimum atomic E-state index is -1.81. The summed E-state index contributed by atoms with van der Waals surface area (Å²) in [4.78, 5) is 24.9. The molecule has 0 aliphatic rings. The number of nitrogens with one attached hydrogen (secondary N) is 2. The molecule has 1 aromatic carbocycles. The zero-order valence-corrected chi connectivity index (χ0v) is 19.7. The van der Waals surface area contributed by atoms with Crippen LogP contribution in [-0.4, -0.2) is 56.9 Å². The van der Waals surface area contributed by atoms with E-state index >= 15 is 0 Å². The van der Waals surface area contributed by atoms with Crippen LogP contribution in [0, 0.1) is 10.7 Å². The number of hydrogen-bond acceptors (Lipinski definition) is 6. The zero-order valence-electron chi connectivity index (χ0n) is 13.2. The van der Waals surface area contributed by atoms with Crippen LogP contribution in [0.4, 0.5) is 0 Å².